The minimum Gasteiger partial charge on any atom is -0.435 e. The fourth-order valence-corrected chi connectivity index (χ4v) is 2.91. The third-order valence-electron chi connectivity index (χ3n) is 2.83. The van der Waals surface area contributed by atoms with E-state index in [1.54, 1.807) is 13.1 Å². The normalized spacial score (nSPS) is 10.9. The second kappa shape index (κ2) is 5.46. The van der Waals surface area contributed by atoms with E-state index in [1.165, 1.54) is 23.5 Å². The van der Waals surface area contributed by atoms with Gasteiger partial charge in [0.1, 0.15) is 4.83 Å². The Labute approximate surface area is 129 Å². The van der Waals surface area contributed by atoms with Crippen LogP contribution in [0.15, 0.2) is 24.3 Å². The summed E-state index contributed by atoms with van der Waals surface area (Å²) < 4.78 is 19.6. The predicted molar refractivity (Wildman–Crippen MR) is 83.2 cm³/mol. The first-order chi connectivity index (χ1) is 10.1. The van der Waals surface area contributed by atoms with Crippen molar-refractivity contribution in [1.82, 2.24) is 9.97 Å². The molecule has 0 bridgehead atoms. The quantitative estimate of drug-likeness (QED) is 0.763. The molecule has 1 aromatic carbocycles. The number of fused-ring (bicyclic) bond motifs is 1. The van der Waals surface area contributed by atoms with Gasteiger partial charge < -0.3 is 10.1 Å². The first-order valence-corrected chi connectivity index (χ1v) is 7.35. The van der Waals surface area contributed by atoms with Crippen LogP contribution in [0.1, 0.15) is 4.88 Å². The fraction of sp³-hybridized carbons (Fsp3) is 0.143. The Hall–Kier alpha value is -1.92. The molecule has 0 amide bonds. The number of nitrogens with one attached hydrogen (secondary N) is 1. The average Bonchev–Trinajstić information content (AvgIpc) is 2.84. The molecule has 0 saturated heterocycles. The van der Waals surface area contributed by atoms with E-state index in [2.05, 4.69) is 15.3 Å². The number of hydrogen-bond acceptors (Lipinski definition) is 5. The molecule has 3 aromatic rings. The van der Waals surface area contributed by atoms with Crippen molar-refractivity contribution >= 4 is 39.1 Å². The number of rotatable bonds is 3. The zero-order valence-corrected chi connectivity index (χ0v) is 12.8. The van der Waals surface area contributed by atoms with Gasteiger partial charge in [-0.05, 0) is 25.1 Å². The second-order valence-electron chi connectivity index (χ2n) is 4.33. The monoisotopic (exact) mass is 323 g/mol. The van der Waals surface area contributed by atoms with Crippen molar-refractivity contribution in [3.05, 3.63) is 40.0 Å². The van der Waals surface area contributed by atoms with Gasteiger partial charge in [0.05, 0.1) is 10.4 Å². The van der Waals surface area contributed by atoms with Gasteiger partial charge in [-0.25, -0.2) is 9.37 Å². The minimum atomic E-state index is -0.608. The topological polar surface area (TPSA) is 47.0 Å². The van der Waals surface area contributed by atoms with E-state index >= 15 is 0 Å². The van der Waals surface area contributed by atoms with Gasteiger partial charge >= 0.3 is 0 Å². The van der Waals surface area contributed by atoms with Gasteiger partial charge in [0, 0.05) is 11.9 Å². The summed E-state index contributed by atoms with van der Waals surface area (Å²) in [7, 11) is 1.71. The Morgan fingerprint density at radius 1 is 1.33 bits per heavy atom. The third kappa shape index (κ3) is 2.64. The highest BCUT2D eigenvalue weighted by molar-refractivity contribution is 7.18. The van der Waals surface area contributed by atoms with E-state index in [0.29, 0.717) is 11.8 Å². The van der Waals surface area contributed by atoms with E-state index in [1.807, 2.05) is 13.0 Å². The molecule has 1 N–H and O–H groups in total. The molecule has 0 radical (unpaired) electrons. The van der Waals surface area contributed by atoms with Crippen LogP contribution in [0.2, 0.25) is 5.02 Å². The van der Waals surface area contributed by atoms with Crippen molar-refractivity contribution < 1.29 is 9.13 Å². The van der Waals surface area contributed by atoms with E-state index in [0.717, 1.165) is 15.1 Å². The van der Waals surface area contributed by atoms with Crippen LogP contribution in [0.25, 0.3) is 10.2 Å². The van der Waals surface area contributed by atoms with Gasteiger partial charge in [-0.15, -0.1) is 11.3 Å². The van der Waals surface area contributed by atoms with Crippen molar-refractivity contribution in [2.75, 3.05) is 12.4 Å². The van der Waals surface area contributed by atoms with Crippen molar-refractivity contribution in [3.63, 3.8) is 0 Å². The maximum atomic E-state index is 14.0. The molecule has 7 heteroatoms. The molecule has 0 atom stereocenters. The molecule has 2 heterocycles. The standard InChI is InChI=1S/C14H11ClFN3OS/c1-7-6-8-12(18-14(17-2)19-13(8)21-7)20-10-5-3-4-9(15)11(10)16/h3-6H,1-2H3,(H,17,18,19). The summed E-state index contributed by atoms with van der Waals surface area (Å²) in [5.74, 6) is 0.147. The van der Waals surface area contributed by atoms with E-state index in [-0.39, 0.29) is 10.8 Å². The number of benzene rings is 1. The first-order valence-electron chi connectivity index (χ1n) is 6.16. The minimum absolute atomic E-state index is 0.00754. The van der Waals surface area contributed by atoms with Crippen molar-refractivity contribution in [2.45, 2.75) is 6.92 Å². The lowest BCUT2D eigenvalue weighted by Crippen LogP contribution is -1.99. The second-order valence-corrected chi connectivity index (χ2v) is 5.97. The third-order valence-corrected chi connectivity index (χ3v) is 4.06. The summed E-state index contributed by atoms with van der Waals surface area (Å²) >= 11 is 7.29. The molecule has 0 fully saturated rings. The lowest BCUT2D eigenvalue weighted by atomic mass is 10.3. The van der Waals surface area contributed by atoms with Gasteiger partial charge in [-0.2, -0.15) is 4.98 Å². The Kier molecular flexibility index (Phi) is 3.65. The fourth-order valence-electron chi connectivity index (χ4n) is 1.87. The van der Waals surface area contributed by atoms with Crippen molar-refractivity contribution in [3.8, 4) is 11.6 Å². The number of anilines is 1. The molecule has 0 aliphatic heterocycles. The molecule has 0 aliphatic carbocycles. The van der Waals surface area contributed by atoms with Gasteiger partial charge in [-0.3, -0.25) is 0 Å². The zero-order chi connectivity index (χ0) is 15.0. The van der Waals surface area contributed by atoms with Crippen molar-refractivity contribution in [2.24, 2.45) is 0 Å². The number of halogens is 2. The maximum absolute atomic E-state index is 14.0. The van der Waals surface area contributed by atoms with Crippen LogP contribution < -0.4 is 10.1 Å². The van der Waals surface area contributed by atoms with Crippen LogP contribution in [0, 0.1) is 12.7 Å². The molecule has 3 rings (SSSR count). The number of aryl methyl sites for hydroxylation is 1. The van der Waals surface area contributed by atoms with Crippen LogP contribution in [0.5, 0.6) is 11.6 Å². The highest BCUT2D eigenvalue weighted by Crippen LogP contribution is 2.35. The Balaban J connectivity index is 2.12. The van der Waals surface area contributed by atoms with Gasteiger partial charge in [0.25, 0.3) is 0 Å². The van der Waals surface area contributed by atoms with Gasteiger partial charge in [0.15, 0.2) is 11.6 Å². The summed E-state index contributed by atoms with van der Waals surface area (Å²) in [6.07, 6.45) is 0. The van der Waals surface area contributed by atoms with Gasteiger partial charge in [-0.1, -0.05) is 17.7 Å². The summed E-state index contributed by atoms with van der Waals surface area (Å²) in [4.78, 5) is 10.5. The number of thiophene rings is 1. The highest BCUT2D eigenvalue weighted by Gasteiger charge is 2.15. The molecule has 0 aliphatic rings. The number of aromatic nitrogens is 2. The first kappa shape index (κ1) is 14.0. The number of ether oxygens (including phenoxy) is 1. The number of hydrogen-bond donors (Lipinski definition) is 1. The smallest absolute Gasteiger partial charge is 0.233 e. The molecule has 0 spiro atoms. The Morgan fingerprint density at radius 3 is 2.90 bits per heavy atom. The van der Waals surface area contributed by atoms with Crippen LogP contribution in [-0.4, -0.2) is 17.0 Å². The van der Waals surface area contributed by atoms with Crippen LogP contribution >= 0.6 is 22.9 Å². The molecule has 0 saturated carbocycles. The summed E-state index contributed by atoms with van der Waals surface area (Å²) in [5.41, 5.74) is 0. The van der Waals surface area contributed by atoms with E-state index in [4.69, 9.17) is 16.3 Å². The lowest BCUT2D eigenvalue weighted by molar-refractivity contribution is 0.432. The van der Waals surface area contributed by atoms with E-state index < -0.39 is 5.82 Å². The van der Waals surface area contributed by atoms with Gasteiger partial charge in [0.2, 0.25) is 11.8 Å². The molecule has 2 aromatic heterocycles. The Bertz CT molecular complexity index is 821. The summed E-state index contributed by atoms with van der Waals surface area (Å²) in [6, 6.07) is 6.51. The molecule has 21 heavy (non-hydrogen) atoms. The molecule has 108 valence electrons. The SMILES string of the molecule is CNc1nc(Oc2cccc(Cl)c2F)c2cc(C)sc2n1. The maximum Gasteiger partial charge on any atom is 0.233 e. The Morgan fingerprint density at radius 2 is 2.14 bits per heavy atom. The molecule has 4 nitrogen and oxygen atoms in total. The molecular formula is C14H11ClFN3OS. The predicted octanol–water partition coefficient (Wildman–Crippen LogP) is 4.63. The zero-order valence-electron chi connectivity index (χ0n) is 11.3. The average molecular weight is 324 g/mol. The van der Waals surface area contributed by atoms with Crippen LogP contribution in [0.3, 0.4) is 0 Å². The van der Waals surface area contributed by atoms with E-state index in [9.17, 15) is 4.39 Å². The largest absolute Gasteiger partial charge is 0.435 e. The van der Waals surface area contributed by atoms with Crippen LogP contribution in [-0.2, 0) is 0 Å². The molecule has 0 unspecified atom stereocenters. The lowest BCUT2D eigenvalue weighted by Gasteiger charge is -2.08. The highest BCUT2D eigenvalue weighted by atomic mass is 35.5. The number of nitrogens with zero attached hydrogens (tertiary/aromatic N) is 2. The van der Waals surface area contributed by atoms with Crippen molar-refractivity contribution in [1.29, 1.82) is 0 Å². The summed E-state index contributed by atoms with van der Waals surface area (Å²) in [6.45, 7) is 1.97. The molecular weight excluding hydrogens is 313 g/mol. The van der Waals surface area contributed by atoms with Crippen LogP contribution in [0.4, 0.5) is 10.3 Å². The summed E-state index contributed by atoms with van der Waals surface area (Å²) in [5, 5.41) is 3.62.